The van der Waals surface area contributed by atoms with Gasteiger partial charge in [0.2, 0.25) is 0 Å². The van der Waals surface area contributed by atoms with Gasteiger partial charge < -0.3 is 9.47 Å². The molecule has 0 aromatic heterocycles. The highest BCUT2D eigenvalue weighted by molar-refractivity contribution is 5.83. The lowest BCUT2D eigenvalue weighted by molar-refractivity contribution is -0.277. The summed E-state index contributed by atoms with van der Waals surface area (Å²) in [6, 6.07) is 6.68. The molecule has 1 aliphatic carbocycles. The number of rotatable bonds is 5. The van der Waals surface area contributed by atoms with Crippen LogP contribution in [0.1, 0.15) is 51.5 Å². The van der Waals surface area contributed by atoms with Gasteiger partial charge in [-0.1, -0.05) is 53.6 Å². The smallest absolute Gasteiger partial charge is 0.432 e. The molecule has 2 rings (SSSR count). The number of methoxy groups -OCH3 is 1. The van der Waals surface area contributed by atoms with Crippen LogP contribution in [-0.4, -0.2) is 31.6 Å². The fourth-order valence-electron chi connectivity index (χ4n) is 3.70. The lowest BCUT2D eigenvalue weighted by atomic mass is 9.92. The first kappa shape index (κ1) is 25.6. The van der Waals surface area contributed by atoms with Gasteiger partial charge in [-0.25, -0.2) is 4.79 Å². The van der Waals surface area contributed by atoms with Crippen molar-refractivity contribution in [2.45, 2.75) is 63.8 Å². The van der Waals surface area contributed by atoms with E-state index in [1.807, 2.05) is 26.0 Å². The van der Waals surface area contributed by atoms with Crippen LogP contribution in [0.3, 0.4) is 0 Å². The van der Waals surface area contributed by atoms with E-state index in [1.165, 1.54) is 35.9 Å². The van der Waals surface area contributed by atoms with E-state index in [1.54, 1.807) is 6.07 Å². The van der Waals surface area contributed by atoms with E-state index in [2.05, 4.69) is 0 Å². The van der Waals surface area contributed by atoms with E-state index in [-0.39, 0.29) is 12.0 Å². The maximum absolute atomic E-state index is 14.2. The number of alkyl halides is 3. The molecule has 174 valence electrons. The summed E-state index contributed by atoms with van der Waals surface area (Å²) in [5.74, 6) is -1.57. The molecule has 0 spiro atoms. The largest absolute Gasteiger partial charge is 0.455 e. The van der Waals surface area contributed by atoms with E-state index >= 15 is 0 Å². The van der Waals surface area contributed by atoms with Crippen LogP contribution in [0.25, 0.3) is 0 Å². The van der Waals surface area contributed by atoms with Crippen molar-refractivity contribution in [1.82, 2.24) is 0 Å². The average molecular weight is 450 g/mol. The van der Waals surface area contributed by atoms with Gasteiger partial charge in [0, 0.05) is 19.1 Å². The first-order valence-corrected chi connectivity index (χ1v) is 10.5. The molecular formula is C25H29F3O4. The average Bonchev–Trinajstić information content (AvgIpc) is 2.72. The first-order chi connectivity index (χ1) is 15.1. The molecule has 0 heterocycles. The minimum absolute atomic E-state index is 0.179. The van der Waals surface area contributed by atoms with Crippen molar-refractivity contribution in [2.75, 3.05) is 7.11 Å². The van der Waals surface area contributed by atoms with Crippen LogP contribution >= 0.6 is 0 Å². The van der Waals surface area contributed by atoms with Crippen LogP contribution < -0.4 is 0 Å². The summed E-state index contributed by atoms with van der Waals surface area (Å²) in [7, 11) is 0.829. The molecule has 1 aromatic rings. The Labute approximate surface area is 186 Å². The Bertz CT molecular complexity index is 884. The minimum Gasteiger partial charge on any atom is -0.455 e. The first-order valence-electron chi connectivity index (χ1n) is 10.5. The number of benzene rings is 1. The van der Waals surface area contributed by atoms with Gasteiger partial charge >= 0.3 is 12.1 Å². The molecule has 0 unspecified atom stereocenters. The number of carbonyl (C=O) groups excluding carboxylic acids is 2. The molecule has 1 aromatic carbocycles. The van der Waals surface area contributed by atoms with Gasteiger partial charge in [-0.05, 0) is 51.2 Å². The normalized spacial score (nSPS) is 25.3. The summed E-state index contributed by atoms with van der Waals surface area (Å²) >= 11 is 0. The van der Waals surface area contributed by atoms with Gasteiger partial charge in [0.05, 0.1) is 0 Å². The van der Waals surface area contributed by atoms with Crippen LogP contribution in [0.4, 0.5) is 13.2 Å². The topological polar surface area (TPSA) is 52.6 Å². The molecule has 32 heavy (non-hydrogen) atoms. The van der Waals surface area contributed by atoms with E-state index < -0.39 is 23.9 Å². The predicted octanol–water partition coefficient (Wildman–Crippen LogP) is 5.98. The summed E-state index contributed by atoms with van der Waals surface area (Å²) < 4.78 is 52.7. The molecule has 0 fully saturated rings. The van der Waals surface area contributed by atoms with Gasteiger partial charge in [0.25, 0.3) is 5.60 Å². The minimum atomic E-state index is -5.06. The molecule has 0 radical (unpaired) electrons. The summed E-state index contributed by atoms with van der Waals surface area (Å²) in [6.07, 6.45) is 2.83. The van der Waals surface area contributed by atoms with Crippen molar-refractivity contribution in [3.8, 4) is 0 Å². The number of hydrogen-bond donors (Lipinski definition) is 0. The van der Waals surface area contributed by atoms with Crippen LogP contribution in [0.15, 0.2) is 65.3 Å². The van der Waals surface area contributed by atoms with E-state index in [4.69, 9.17) is 9.47 Å². The Kier molecular flexibility index (Phi) is 9.01. The number of allylic oxidation sites excluding steroid dienone is 4. The fraction of sp³-hybridized carbons (Fsp3) is 0.440. The summed E-state index contributed by atoms with van der Waals surface area (Å²) in [5.41, 5.74) is -1.21. The van der Waals surface area contributed by atoms with Gasteiger partial charge in [0.1, 0.15) is 12.4 Å². The fourth-order valence-corrected chi connectivity index (χ4v) is 3.70. The number of carbonyl (C=O) groups is 2. The predicted molar refractivity (Wildman–Crippen MR) is 116 cm³/mol. The maximum atomic E-state index is 14.2. The maximum Gasteiger partial charge on any atom is 0.432 e. The quantitative estimate of drug-likeness (QED) is 0.314. The second-order valence-corrected chi connectivity index (χ2v) is 7.93. The molecule has 7 heteroatoms. The summed E-state index contributed by atoms with van der Waals surface area (Å²) in [4.78, 5) is 24.6. The lowest BCUT2D eigenvalue weighted by Gasteiger charge is -2.33. The summed E-state index contributed by atoms with van der Waals surface area (Å²) in [6.45, 7) is 3.85. The molecule has 1 aliphatic rings. The Hall–Kier alpha value is -2.67. The monoisotopic (exact) mass is 450 g/mol. The second-order valence-electron chi connectivity index (χ2n) is 7.93. The Morgan fingerprint density at radius 1 is 1.03 bits per heavy atom. The van der Waals surface area contributed by atoms with Crippen LogP contribution in [0.5, 0.6) is 0 Å². The number of esters is 1. The highest BCUT2D eigenvalue weighted by Crippen LogP contribution is 2.43. The van der Waals surface area contributed by atoms with Gasteiger partial charge in [0.15, 0.2) is 0 Å². The lowest BCUT2D eigenvalue weighted by Crippen LogP contribution is -2.52. The summed E-state index contributed by atoms with van der Waals surface area (Å²) in [5, 5.41) is 0. The molecule has 0 saturated heterocycles. The zero-order valence-electron chi connectivity index (χ0n) is 18.6. The second kappa shape index (κ2) is 11.3. The highest BCUT2D eigenvalue weighted by atomic mass is 19.4. The van der Waals surface area contributed by atoms with Crippen molar-refractivity contribution in [3.63, 3.8) is 0 Å². The van der Waals surface area contributed by atoms with Crippen molar-refractivity contribution >= 4 is 12.3 Å². The van der Waals surface area contributed by atoms with E-state index in [0.29, 0.717) is 24.7 Å². The van der Waals surface area contributed by atoms with Crippen LogP contribution in [0, 0.1) is 0 Å². The number of halogens is 3. The third kappa shape index (κ3) is 6.19. The molecule has 0 saturated carbocycles. The highest BCUT2D eigenvalue weighted by Gasteiger charge is 2.64. The molecule has 0 amide bonds. The molecule has 0 aliphatic heterocycles. The van der Waals surface area contributed by atoms with Crippen molar-refractivity contribution in [1.29, 1.82) is 0 Å². The van der Waals surface area contributed by atoms with E-state index in [9.17, 15) is 22.8 Å². The Morgan fingerprint density at radius 2 is 1.66 bits per heavy atom. The molecular weight excluding hydrogens is 421 g/mol. The van der Waals surface area contributed by atoms with Gasteiger partial charge in [-0.3, -0.25) is 4.79 Å². The number of ether oxygens (including phenoxy) is 2. The van der Waals surface area contributed by atoms with E-state index in [0.717, 1.165) is 25.5 Å². The Balaban J connectivity index is 2.44. The third-order valence-corrected chi connectivity index (χ3v) is 5.46. The zero-order chi connectivity index (χ0) is 23.8. The molecule has 4 nitrogen and oxygen atoms in total. The third-order valence-electron chi connectivity index (χ3n) is 5.46. The van der Waals surface area contributed by atoms with Crippen LogP contribution in [0.2, 0.25) is 0 Å². The molecule has 2 atom stereocenters. The van der Waals surface area contributed by atoms with Crippen molar-refractivity contribution in [2.24, 2.45) is 0 Å². The standard InChI is InChI=1S/C25H29F3O4/c1-18-9-7-11-19(2)15-22(16-20(17-29)12-8-10-18)32-23(30)24(31-3,25(26,27)28)21-13-5-4-6-14-21/h4-6,10-11,13-14,16-17,22H,7-9,12,15H2,1-3H3/b18-10+,19-11+,20-16+/t22-,24-/m0/s1. The van der Waals surface area contributed by atoms with Gasteiger partial charge in [-0.2, -0.15) is 13.2 Å². The number of aldehydes is 1. The van der Waals surface area contributed by atoms with Gasteiger partial charge in [-0.15, -0.1) is 0 Å². The zero-order valence-corrected chi connectivity index (χ0v) is 18.6. The Morgan fingerprint density at radius 3 is 2.25 bits per heavy atom. The molecule has 0 N–H and O–H groups in total. The SMILES string of the molecule is CO[C@](C(=O)O[C@@H]1/C=C(/C=O)CC/C=C(\C)CC/C=C(\C)C1)(c1ccccc1)C(F)(F)F. The number of hydrogen-bond acceptors (Lipinski definition) is 4. The van der Waals surface area contributed by atoms with Crippen molar-refractivity contribution < 1.29 is 32.2 Å². The molecule has 0 bridgehead atoms. The van der Waals surface area contributed by atoms with Crippen molar-refractivity contribution in [3.05, 3.63) is 70.8 Å². The van der Waals surface area contributed by atoms with Crippen LogP contribution in [-0.2, 0) is 24.7 Å².